The molecule has 0 radical (unpaired) electrons. The fourth-order valence-electron chi connectivity index (χ4n) is 1.24. The molecule has 0 aromatic heterocycles. The number of aldehydes is 1. The smallest absolute Gasteiger partial charge is 0.119 e. The van der Waals surface area contributed by atoms with Crippen molar-refractivity contribution in [2.24, 2.45) is 5.73 Å². The molecule has 0 aliphatic carbocycles. The standard InChI is InChI=1S/C10H21NO/c1-2-3-7-10(11)8-5-4-6-9-12/h9-10H,2-8,11H2,1H3. The quantitative estimate of drug-likeness (QED) is 0.449. The summed E-state index contributed by atoms with van der Waals surface area (Å²) in [6.07, 6.45) is 8.45. The van der Waals surface area contributed by atoms with Crippen molar-refractivity contribution in [3.63, 3.8) is 0 Å². The number of unbranched alkanes of at least 4 members (excludes halogenated alkanes) is 3. The molecular formula is C10H21NO. The van der Waals surface area contributed by atoms with E-state index >= 15 is 0 Å². The molecule has 0 rings (SSSR count). The highest BCUT2D eigenvalue weighted by atomic mass is 16.1. The van der Waals surface area contributed by atoms with Crippen molar-refractivity contribution in [2.45, 2.75) is 57.9 Å². The fourth-order valence-corrected chi connectivity index (χ4v) is 1.24. The average molecular weight is 171 g/mol. The molecule has 0 spiro atoms. The molecule has 0 heterocycles. The molecule has 0 amide bonds. The topological polar surface area (TPSA) is 43.1 Å². The van der Waals surface area contributed by atoms with Gasteiger partial charge in [-0.15, -0.1) is 0 Å². The van der Waals surface area contributed by atoms with Crippen molar-refractivity contribution in [1.29, 1.82) is 0 Å². The molecule has 0 fully saturated rings. The third kappa shape index (κ3) is 7.73. The third-order valence-electron chi connectivity index (χ3n) is 2.08. The van der Waals surface area contributed by atoms with E-state index in [1.54, 1.807) is 0 Å². The number of hydrogen-bond donors (Lipinski definition) is 1. The molecule has 0 saturated carbocycles. The van der Waals surface area contributed by atoms with Gasteiger partial charge in [-0.2, -0.15) is 0 Å². The van der Waals surface area contributed by atoms with Crippen LogP contribution in [0.15, 0.2) is 0 Å². The van der Waals surface area contributed by atoms with Crippen LogP contribution in [-0.4, -0.2) is 12.3 Å². The molecule has 0 saturated heterocycles. The molecule has 0 bridgehead atoms. The largest absolute Gasteiger partial charge is 0.328 e. The lowest BCUT2D eigenvalue weighted by Gasteiger charge is -2.09. The third-order valence-corrected chi connectivity index (χ3v) is 2.08. The minimum atomic E-state index is 0.358. The van der Waals surface area contributed by atoms with E-state index in [-0.39, 0.29) is 0 Å². The Morgan fingerprint density at radius 2 is 1.92 bits per heavy atom. The summed E-state index contributed by atoms with van der Waals surface area (Å²) in [5, 5.41) is 0. The first-order valence-electron chi connectivity index (χ1n) is 5.00. The van der Waals surface area contributed by atoms with Crippen molar-refractivity contribution in [3.8, 4) is 0 Å². The maximum absolute atomic E-state index is 9.99. The maximum Gasteiger partial charge on any atom is 0.119 e. The van der Waals surface area contributed by atoms with Gasteiger partial charge in [-0.3, -0.25) is 0 Å². The van der Waals surface area contributed by atoms with Crippen molar-refractivity contribution >= 4 is 6.29 Å². The van der Waals surface area contributed by atoms with Crippen LogP contribution in [0.2, 0.25) is 0 Å². The summed E-state index contributed by atoms with van der Waals surface area (Å²) in [7, 11) is 0. The number of rotatable bonds is 8. The van der Waals surface area contributed by atoms with Crippen molar-refractivity contribution in [1.82, 2.24) is 0 Å². The Kier molecular flexibility index (Phi) is 8.46. The van der Waals surface area contributed by atoms with Crippen LogP contribution in [-0.2, 0) is 4.79 Å². The van der Waals surface area contributed by atoms with Gasteiger partial charge in [0.1, 0.15) is 6.29 Å². The van der Waals surface area contributed by atoms with E-state index in [0.29, 0.717) is 12.5 Å². The molecule has 0 aromatic carbocycles. The van der Waals surface area contributed by atoms with E-state index < -0.39 is 0 Å². The van der Waals surface area contributed by atoms with Crippen LogP contribution >= 0.6 is 0 Å². The van der Waals surface area contributed by atoms with Gasteiger partial charge in [0.2, 0.25) is 0 Å². The summed E-state index contributed by atoms with van der Waals surface area (Å²) in [5.41, 5.74) is 5.85. The van der Waals surface area contributed by atoms with E-state index in [1.807, 2.05) is 0 Å². The van der Waals surface area contributed by atoms with E-state index in [4.69, 9.17) is 5.73 Å². The van der Waals surface area contributed by atoms with Crippen molar-refractivity contribution < 1.29 is 4.79 Å². The summed E-state index contributed by atoms with van der Waals surface area (Å²) in [5.74, 6) is 0. The first-order chi connectivity index (χ1) is 5.81. The Morgan fingerprint density at radius 3 is 2.50 bits per heavy atom. The van der Waals surface area contributed by atoms with Crippen molar-refractivity contribution in [3.05, 3.63) is 0 Å². The van der Waals surface area contributed by atoms with Gasteiger partial charge in [0, 0.05) is 12.5 Å². The first-order valence-corrected chi connectivity index (χ1v) is 5.00. The highest BCUT2D eigenvalue weighted by Gasteiger charge is 2.00. The predicted molar refractivity (Wildman–Crippen MR) is 52.0 cm³/mol. The molecule has 12 heavy (non-hydrogen) atoms. The molecular weight excluding hydrogens is 150 g/mol. The van der Waals surface area contributed by atoms with Gasteiger partial charge in [0.05, 0.1) is 0 Å². The molecule has 2 N–H and O–H groups in total. The zero-order valence-electron chi connectivity index (χ0n) is 8.09. The molecule has 0 aliphatic heterocycles. The van der Waals surface area contributed by atoms with Gasteiger partial charge in [-0.1, -0.05) is 26.2 Å². The average Bonchev–Trinajstić information content (AvgIpc) is 2.09. The van der Waals surface area contributed by atoms with Crippen LogP contribution in [0.1, 0.15) is 51.9 Å². The number of hydrogen-bond acceptors (Lipinski definition) is 2. The highest BCUT2D eigenvalue weighted by Crippen LogP contribution is 2.06. The second-order valence-corrected chi connectivity index (χ2v) is 3.35. The Balaban J connectivity index is 3.07. The number of carbonyl (C=O) groups is 1. The van der Waals surface area contributed by atoms with Gasteiger partial charge in [-0.25, -0.2) is 0 Å². The number of carbonyl (C=O) groups excluding carboxylic acids is 1. The van der Waals surface area contributed by atoms with Gasteiger partial charge in [0.15, 0.2) is 0 Å². The molecule has 2 heteroatoms. The number of nitrogens with two attached hydrogens (primary N) is 1. The maximum atomic E-state index is 9.99. The Bertz CT molecular complexity index is 104. The molecule has 1 atom stereocenters. The molecule has 2 nitrogen and oxygen atoms in total. The molecule has 0 aromatic rings. The SMILES string of the molecule is CCCCC(N)CCCCC=O. The summed E-state index contributed by atoms with van der Waals surface area (Å²) in [6, 6.07) is 0.358. The lowest BCUT2D eigenvalue weighted by Crippen LogP contribution is -2.19. The van der Waals surface area contributed by atoms with Crippen LogP contribution in [0.5, 0.6) is 0 Å². The van der Waals surface area contributed by atoms with E-state index in [0.717, 1.165) is 32.0 Å². The predicted octanol–water partition coefficient (Wildman–Crippen LogP) is 2.26. The van der Waals surface area contributed by atoms with E-state index in [2.05, 4.69) is 6.92 Å². The minimum absolute atomic E-state index is 0.358. The fraction of sp³-hybridized carbons (Fsp3) is 0.900. The zero-order chi connectivity index (χ0) is 9.23. The van der Waals surface area contributed by atoms with Crippen LogP contribution < -0.4 is 5.73 Å². The summed E-state index contributed by atoms with van der Waals surface area (Å²) < 4.78 is 0. The summed E-state index contributed by atoms with van der Waals surface area (Å²) in [6.45, 7) is 2.18. The van der Waals surface area contributed by atoms with E-state index in [1.165, 1.54) is 12.8 Å². The van der Waals surface area contributed by atoms with Gasteiger partial charge < -0.3 is 10.5 Å². The lowest BCUT2D eigenvalue weighted by atomic mass is 10.0. The lowest BCUT2D eigenvalue weighted by molar-refractivity contribution is -0.107. The minimum Gasteiger partial charge on any atom is -0.328 e. The van der Waals surface area contributed by atoms with Crippen LogP contribution in [0.4, 0.5) is 0 Å². The van der Waals surface area contributed by atoms with Gasteiger partial charge in [0.25, 0.3) is 0 Å². The van der Waals surface area contributed by atoms with Gasteiger partial charge >= 0.3 is 0 Å². The second-order valence-electron chi connectivity index (χ2n) is 3.35. The molecule has 1 unspecified atom stereocenters. The Labute approximate surface area is 75.5 Å². The van der Waals surface area contributed by atoms with Gasteiger partial charge in [-0.05, 0) is 19.3 Å². The first kappa shape index (κ1) is 11.6. The van der Waals surface area contributed by atoms with Crippen molar-refractivity contribution in [2.75, 3.05) is 0 Å². The van der Waals surface area contributed by atoms with E-state index in [9.17, 15) is 4.79 Å². The summed E-state index contributed by atoms with van der Waals surface area (Å²) in [4.78, 5) is 9.99. The highest BCUT2D eigenvalue weighted by molar-refractivity contribution is 5.48. The van der Waals surface area contributed by atoms with Crippen LogP contribution in [0, 0.1) is 0 Å². The normalized spacial score (nSPS) is 12.8. The van der Waals surface area contributed by atoms with Crippen LogP contribution in [0.3, 0.4) is 0 Å². The summed E-state index contributed by atoms with van der Waals surface area (Å²) >= 11 is 0. The molecule has 0 aliphatic rings. The Hall–Kier alpha value is -0.370. The van der Waals surface area contributed by atoms with Crippen LogP contribution in [0.25, 0.3) is 0 Å². The monoisotopic (exact) mass is 171 g/mol. The second kappa shape index (κ2) is 8.72. The zero-order valence-corrected chi connectivity index (χ0v) is 8.09. The molecule has 72 valence electrons. The Morgan fingerprint density at radius 1 is 1.25 bits per heavy atom.